The summed E-state index contributed by atoms with van der Waals surface area (Å²) in [5, 5.41) is 9.27. The Morgan fingerprint density at radius 3 is 2.50 bits per heavy atom. The van der Waals surface area contributed by atoms with Crippen LogP contribution in [-0.4, -0.2) is 59.2 Å². The molecule has 2 aliphatic rings. The van der Waals surface area contributed by atoms with Crippen LogP contribution in [-0.2, 0) is 20.9 Å². The van der Waals surface area contributed by atoms with E-state index >= 15 is 0 Å². The maximum absolute atomic E-state index is 13.3. The molecular weight excluding hydrogens is 408 g/mol. The van der Waals surface area contributed by atoms with Gasteiger partial charge in [-0.25, -0.2) is 5.48 Å². The smallest absolute Gasteiger partial charge is 0.247 e. The van der Waals surface area contributed by atoms with Crippen LogP contribution in [0.5, 0.6) is 0 Å². The van der Waals surface area contributed by atoms with Gasteiger partial charge in [0.25, 0.3) is 0 Å². The Morgan fingerprint density at radius 2 is 1.81 bits per heavy atom. The number of nitrogens with zero attached hydrogens (tertiary/aromatic N) is 3. The van der Waals surface area contributed by atoms with E-state index in [4.69, 9.17) is 4.74 Å². The molecule has 2 aromatic rings. The molecule has 0 radical (unpaired) electrons. The molecular formula is C24H30N4O4. The van der Waals surface area contributed by atoms with Gasteiger partial charge in [0.15, 0.2) is 0 Å². The summed E-state index contributed by atoms with van der Waals surface area (Å²) in [4.78, 5) is 33.9. The number of aromatic nitrogens is 1. The largest absolute Gasteiger partial charge is 0.373 e. The molecule has 1 aliphatic carbocycles. The molecule has 32 heavy (non-hydrogen) atoms. The molecule has 2 N–H and O–H groups in total. The van der Waals surface area contributed by atoms with Gasteiger partial charge in [-0.15, -0.1) is 0 Å². The Balaban J connectivity index is 1.34. The molecule has 1 saturated heterocycles. The topological polar surface area (TPSA) is 95.0 Å². The van der Waals surface area contributed by atoms with E-state index in [1.54, 1.807) is 17.9 Å². The lowest BCUT2D eigenvalue weighted by Gasteiger charge is -2.40. The summed E-state index contributed by atoms with van der Waals surface area (Å²) in [5.41, 5.74) is 3.88. The Hall–Kier alpha value is -2.97. The van der Waals surface area contributed by atoms with Gasteiger partial charge < -0.3 is 14.5 Å². The minimum Gasteiger partial charge on any atom is -0.373 e. The summed E-state index contributed by atoms with van der Waals surface area (Å²) >= 11 is 0. The maximum Gasteiger partial charge on any atom is 0.247 e. The first-order chi connectivity index (χ1) is 15.7. The Bertz CT molecular complexity index is 887. The number of nitrogens with one attached hydrogen (secondary N) is 1. The number of carbonyl (C=O) groups excluding carboxylic acids is 2. The fourth-order valence-electron chi connectivity index (χ4n) is 4.71. The number of para-hydroxylation sites is 1. The molecule has 1 saturated carbocycles. The number of pyridine rings is 1. The highest BCUT2D eigenvalue weighted by molar-refractivity contribution is 5.87. The second kappa shape index (κ2) is 10.6. The van der Waals surface area contributed by atoms with Crippen LogP contribution in [0.1, 0.15) is 24.8 Å². The zero-order valence-corrected chi connectivity index (χ0v) is 18.1. The summed E-state index contributed by atoms with van der Waals surface area (Å²) in [6, 6.07) is 14.0. The van der Waals surface area contributed by atoms with E-state index in [0.717, 1.165) is 24.3 Å². The van der Waals surface area contributed by atoms with Gasteiger partial charge in [-0.3, -0.25) is 19.8 Å². The Labute approximate surface area is 188 Å². The lowest BCUT2D eigenvalue weighted by atomic mass is 9.76. The average molecular weight is 439 g/mol. The van der Waals surface area contributed by atoms with Crippen molar-refractivity contribution in [2.45, 2.75) is 32.0 Å². The third kappa shape index (κ3) is 5.26. The van der Waals surface area contributed by atoms with Crippen LogP contribution in [0.25, 0.3) is 0 Å². The van der Waals surface area contributed by atoms with Crippen LogP contribution >= 0.6 is 0 Å². The van der Waals surface area contributed by atoms with Crippen molar-refractivity contribution in [2.75, 3.05) is 31.1 Å². The summed E-state index contributed by atoms with van der Waals surface area (Å²) in [7, 11) is 0. The van der Waals surface area contributed by atoms with Gasteiger partial charge in [0.2, 0.25) is 11.8 Å². The van der Waals surface area contributed by atoms with Crippen molar-refractivity contribution in [1.82, 2.24) is 15.4 Å². The third-order valence-electron chi connectivity index (χ3n) is 6.49. The number of rotatable bonds is 6. The van der Waals surface area contributed by atoms with Crippen molar-refractivity contribution in [3.05, 3.63) is 60.4 Å². The molecule has 0 spiro atoms. The molecule has 2 heterocycles. The molecule has 2 fully saturated rings. The molecule has 3 atom stereocenters. The second-order valence-corrected chi connectivity index (χ2v) is 8.44. The van der Waals surface area contributed by atoms with E-state index in [9.17, 15) is 14.8 Å². The first-order valence-corrected chi connectivity index (χ1v) is 11.2. The predicted molar refractivity (Wildman–Crippen MR) is 119 cm³/mol. The van der Waals surface area contributed by atoms with Gasteiger partial charge in [-0.2, -0.15) is 0 Å². The van der Waals surface area contributed by atoms with E-state index in [1.807, 2.05) is 35.2 Å². The number of piperazine rings is 1. The highest BCUT2D eigenvalue weighted by Gasteiger charge is 2.41. The average Bonchev–Trinajstić information content (AvgIpc) is 2.87. The molecule has 2 amide bonds. The zero-order valence-electron chi connectivity index (χ0n) is 18.1. The zero-order chi connectivity index (χ0) is 22.3. The molecule has 8 heteroatoms. The molecule has 170 valence electrons. The number of hydrogen-bond acceptors (Lipinski definition) is 6. The van der Waals surface area contributed by atoms with Gasteiger partial charge >= 0.3 is 0 Å². The van der Waals surface area contributed by atoms with Crippen LogP contribution in [0.4, 0.5) is 5.69 Å². The number of ether oxygens (including phenoxy) is 1. The Morgan fingerprint density at radius 1 is 1.03 bits per heavy atom. The van der Waals surface area contributed by atoms with Gasteiger partial charge in [-0.05, 0) is 43.0 Å². The number of hydrogen-bond donors (Lipinski definition) is 2. The van der Waals surface area contributed by atoms with Crippen LogP contribution in [0, 0.1) is 11.8 Å². The summed E-state index contributed by atoms with van der Waals surface area (Å²) in [6.45, 7) is 3.18. The minimum absolute atomic E-state index is 0.00276. The summed E-state index contributed by atoms with van der Waals surface area (Å²) in [5.74, 6) is -1.56. The maximum atomic E-state index is 13.3. The van der Waals surface area contributed by atoms with E-state index < -0.39 is 17.7 Å². The molecule has 4 rings (SSSR count). The van der Waals surface area contributed by atoms with Crippen LogP contribution in [0.15, 0.2) is 54.9 Å². The first-order valence-electron chi connectivity index (χ1n) is 11.2. The van der Waals surface area contributed by atoms with Crippen molar-refractivity contribution in [1.29, 1.82) is 0 Å². The highest BCUT2D eigenvalue weighted by Crippen LogP contribution is 2.34. The van der Waals surface area contributed by atoms with Crippen molar-refractivity contribution in [2.24, 2.45) is 11.8 Å². The van der Waals surface area contributed by atoms with Crippen molar-refractivity contribution in [3.8, 4) is 0 Å². The number of anilines is 1. The molecule has 0 bridgehead atoms. The van der Waals surface area contributed by atoms with Gasteiger partial charge in [-0.1, -0.05) is 24.3 Å². The quantitative estimate of drug-likeness (QED) is 0.531. The SMILES string of the molecule is O=C(NO)[C@H]1C[C@H](OCc2cccnc2)CC[C@@H]1C(=O)N1CCN(c2ccccc2)CC1. The van der Waals surface area contributed by atoms with E-state index in [-0.39, 0.29) is 12.0 Å². The molecule has 1 aliphatic heterocycles. The minimum atomic E-state index is -0.604. The van der Waals surface area contributed by atoms with Crippen LogP contribution in [0.3, 0.4) is 0 Å². The third-order valence-corrected chi connectivity index (χ3v) is 6.49. The normalized spacial score (nSPS) is 23.6. The standard InChI is InChI=1S/C24H30N4O4/c29-23(26-31)22-15-20(32-17-18-5-4-10-25-16-18)8-9-21(22)24(30)28-13-11-27(12-14-28)19-6-2-1-3-7-19/h1-7,10,16,20-22,31H,8-9,11-15,17H2,(H,26,29)/t20-,21+,22+/m1/s1. The number of carbonyl (C=O) groups is 2. The number of hydroxylamine groups is 1. The van der Waals surface area contributed by atoms with Crippen molar-refractivity contribution < 1.29 is 19.5 Å². The van der Waals surface area contributed by atoms with Gasteiger partial charge in [0.1, 0.15) is 0 Å². The van der Waals surface area contributed by atoms with Crippen LogP contribution in [0.2, 0.25) is 0 Å². The molecule has 1 aromatic carbocycles. The second-order valence-electron chi connectivity index (χ2n) is 8.44. The first kappa shape index (κ1) is 22.2. The van der Waals surface area contributed by atoms with Gasteiger partial charge in [0, 0.05) is 50.2 Å². The lowest BCUT2D eigenvalue weighted by Crippen LogP contribution is -2.53. The molecule has 1 aromatic heterocycles. The highest BCUT2D eigenvalue weighted by atomic mass is 16.5. The van der Waals surface area contributed by atoms with Crippen molar-refractivity contribution in [3.63, 3.8) is 0 Å². The fourth-order valence-corrected chi connectivity index (χ4v) is 4.71. The van der Waals surface area contributed by atoms with E-state index in [0.29, 0.717) is 39.0 Å². The van der Waals surface area contributed by atoms with Gasteiger partial charge in [0.05, 0.1) is 18.6 Å². The molecule has 8 nitrogen and oxygen atoms in total. The summed E-state index contributed by atoms with van der Waals surface area (Å²) < 4.78 is 6.00. The lowest BCUT2D eigenvalue weighted by molar-refractivity contribution is -0.150. The number of amides is 2. The Kier molecular flexibility index (Phi) is 7.34. The summed E-state index contributed by atoms with van der Waals surface area (Å²) in [6.07, 6.45) is 5.00. The van der Waals surface area contributed by atoms with Crippen LogP contribution < -0.4 is 10.4 Å². The fraction of sp³-hybridized carbons (Fsp3) is 0.458. The monoisotopic (exact) mass is 438 g/mol. The van der Waals surface area contributed by atoms with Crippen molar-refractivity contribution >= 4 is 17.5 Å². The van der Waals surface area contributed by atoms with E-state index in [2.05, 4.69) is 22.0 Å². The predicted octanol–water partition coefficient (Wildman–Crippen LogP) is 2.24. The number of benzene rings is 1. The molecule has 0 unspecified atom stereocenters. The van der Waals surface area contributed by atoms with E-state index in [1.165, 1.54) is 0 Å².